The summed E-state index contributed by atoms with van der Waals surface area (Å²) >= 11 is 12.1. The van der Waals surface area contributed by atoms with Gasteiger partial charge >= 0.3 is 0 Å². The van der Waals surface area contributed by atoms with Crippen LogP contribution >= 0.6 is 23.2 Å². The second-order valence-electron chi connectivity index (χ2n) is 5.87. The van der Waals surface area contributed by atoms with E-state index >= 15 is 0 Å². The van der Waals surface area contributed by atoms with Gasteiger partial charge < -0.3 is 5.32 Å². The lowest BCUT2D eigenvalue weighted by molar-refractivity contribution is -0.117. The minimum absolute atomic E-state index is 0.167. The number of anilines is 1. The minimum atomic E-state index is -0.252. The third-order valence-corrected chi connectivity index (χ3v) is 4.60. The van der Waals surface area contributed by atoms with E-state index in [1.807, 2.05) is 4.90 Å². The Labute approximate surface area is 150 Å². The monoisotopic (exact) mass is 366 g/mol. The molecule has 1 aliphatic carbocycles. The predicted molar refractivity (Wildman–Crippen MR) is 94.9 cm³/mol. The topological polar surface area (TPSA) is 32.3 Å². The molecule has 1 aliphatic rings. The molecule has 3 nitrogen and oxygen atoms in total. The minimum Gasteiger partial charge on any atom is -0.322 e. The van der Waals surface area contributed by atoms with E-state index in [9.17, 15) is 9.18 Å². The van der Waals surface area contributed by atoms with Crippen molar-refractivity contribution in [1.29, 1.82) is 0 Å². The first kappa shape index (κ1) is 17.2. The van der Waals surface area contributed by atoms with Gasteiger partial charge in [-0.3, -0.25) is 9.69 Å². The summed E-state index contributed by atoms with van der Waals surface area (Å²) in [7, 11) is 0. The molecule has 3 rings (SSSR count). The summed E-state index contributed by atoms with van der Waals surface area (Å²) in [5.74, 6) is -0.467. The van der Waals surface area contributed by atoms with Crippen molar-refractivity contribution in [2.45, 2.75) is 25.4 Å². The molecule has 6 heteroatoms. The third-order valence-electron chi connectivity index (χ3n) is 3.97. The van der Waals surface area contributed by atoms with Gasteiger partial charge in [0.05, 0.1) is 22.3 Å². The van der Waals surface area contributed by atoms with Gasteiger partial charge in [-0.1, -0.05) is 47.5 Å². The van der Waals surface area contributed by atoms with Gasteiger partial charge in [0.25, 0.3) is 0 Å². The van der Waals surface area contributed by atoms with Gasteiger partial charge in [-0.15, -0.1) is 0 Å². The molecule has 0 unspecified atom stereocenters. The molecule has 0 spiro atoms. The van der Waals surface area contributed by atoms with Crippen molar-refractivity contribution < 1.29 is 9.18 Å². The van der Waals surface area contributed by atoms with Crippen LogP contribution in [-0.4, -0.2) is 23.4 Å². The summed E-state index contributed by atoms with van der Waals surface area (Å²) in [5.41, 5.74) is 1.00. The zero-order chi connectivity index (χ0) is 17.1. The third kappa shape index (κ3) is 4.26. The van der Waals surface area contributed by atoms with Gasteiger partial charge in [-0.2, -0.15) is 0 Å². The fourth-order valence-electron chi connectivity index (χ4n) is 2.58. The maximum atomic E-state index is 13.9. The number of halogens is 3. The predicted octanol–water partition coefficient (Wildman–Crippen LogP) is 4.74. The molecular formula is C18H17Cl2FN2O. The van der Waals surface area contributed by atoms with Crippen LogP contribution in [0.25, 0.3) is 0 Å². The van der Waals surface area contributed by atoms with Crippen LogP contribution in [0.15, 0.2) is 42.5 Å². The van der Waals surface area contributed by atoms with E-state index in [-0.39, 0.29) is 18.3 Å². The van der Waals surface area contributed by atoms with Crippen LogP contribution in [0.1, 0.15) is 18.4 Å². The number of hydrogen-bond donors (Lipinski definition) is 1. The van der Waals surface area contributed by atoms with Crippen LogP contribution in [0, 0.1) is 5.82 Å². The highest BCUT2D eigenvalue weighted by molar-refractivity contribution is 6.39. The Kier molecular flexibility index (Phi) is 5.39. The normalized spacial score (nSPS) is 14.0. The first-order valence-corrected chi connectivity index (χ1v) is 8.51. The largest absolute Gasteiger partial charge is 0.322 e. The zero-order valence-electron chi connectivity index (χ0n) is 12.9. The number of carbonyl (C=O) groups excluding carboxylic acids is 1. The van der Waals surface area contributed by atoms with E-state index in [2.05, 4.69) is 5.32 Å². The van der Waals surface area contributed by atoms with E-state index < -0.39 is 0 Å². The molecule has 0 radical (unpaired) electrons. The summed E-state index contributed by atoms with van der Waals surface area (Å²) in [6.45, 7) is 0.571. The molecule has 0 bridgehead atoms. The molecule has 126 valence electrons. The van der Waals surface area contributed by atoms with E-state index in [0.717, 1.165) is 12.8 Å². The maximum Gasteiger partial charge on any atom is 0.238 e. The van der Waals surface area contributed by atoms with Gasteiger partial charge in [0.1, 0.15) is 5.82 Å². The van der Waals surface area contributed by atoms with Crippen LogP contribution < -0.4 is 5.32 Å². The molecule has 1 amide bonds. The number of nitrogens with zero attached hydrogens (tertiary/aromatic N) is 1. The van der Waals surface area contributed by atoms with Gasteiger partial charge in [0.15, 0.2) is 0 Å². The Bertz CT molecular complexity index is 729. The van der Waals surface area contributed by atoms with E-state index in [0.29, 0.717) is 33.9 Å². The SMILES string of the molecule is O=C(CN(Cc1ccccc1F)C1CC1)Nc1c(Cl)cccc1Cl. The lowest BCUT2D eigenvalue weighted by Crippen LogP contribution is -2.34. The lowest BCUT2D eigenvalue weighted by Gasteiger charge is -2.22. The van der Waals surface area contributed by atoms with E-state index in [4.69, 9.17) is 23.2 Å². The molecule has 1 fully saturated rings. The fraction of sp³-hybridized carbons (Fsp3) is 0.278. The van der Waals surface area contributed by atoms with Crippen molar-refractivity contribution in [1.82, 2.24) is 4.90 Å². The average Bonchev–Trinajstić information content (AvgIpc) is 3.37. The highest BCUT2D eigenvalue weighted by atomic mass is 35.5. The standard InChI is InChI=1S/C18H17Cl2FN2O/c19-14-5-3-6-15(20)18(14)22-17(24)11-23(13-8-9-13)10-12-4-1-2-7-16(12)21/h1-7,13H,8-11H2,(H,22,24). The fourth-order valence-corrected chi connectivity index (χ4v) is 3.07. The number of para-hydroxylation sites is 1. The second-order valence-corrected chi connectivity index (χ2v) is 6.69. The van der Waals surface area contributed by atoms with Gasteiger partial charge in [-0.05, 0) is 31.0 Å². The van der Waals surface area contributed by atoms with Crippen molar-refractivity contribution in [3.8, 4) is 0 Å². The van der Waals surface area contributed by atoms with Crippen molar-refractivity contribution in [3.63, 3.8) is 0 Å². The van der Waals surface area contributed by atoms with E-state index in [1.54, 1.807) is 36.4 Å². The van der Waals surface area contributed by atoms with E-state index in [1.165, 1.54) is 6.07 Å². The molecule has 0 aromatic heterocycles. The molecule has 1 N–H and O–H groups in total. The first-order chi connectivity index (χ1) is 11.5. The number of nitrogens with one attached hydrogen (secondary N) is 1. The number of amides is 1. The van der Waals surface area contributed by atoms with Crippen LogP contribution in [0.3, 0.4) is 0 Å². The first-order valence-electron chi connectivity index (χ1n) is 7.76. The Morgan fingerprint density at radius 1 is 1.12 bits per heavy atom. The molecule has 0 heterocycles. The second kappa shape index (κ2) is 7.51. The molecule has 1 saturated carbocycles. The number of rotatable bonds is 6. The maximum absolute atomic E-state index is 13.9. The molecule has 0 aliphatic heterocycles. The van der Waals surface area contributed by atoms with Crippen molar-refractivity contribution in [2.24, 2.45) is 0 Å². The molecule has 24 heavy (non-hydrogen) atoms. The van der Waals surface area contributed by atoms with Crippen LogP contribution in [0.4, 0.5) is 10.1 Å². The summed E-state index contributed by atoms with van der Waals surface area (Å²) in [5, 5.41) is 3.54. The Balaban J connectivity index is 1.68. The Hall–Kier alpha value is -1.62. The summed E-state index contributed by atoms with van der Waals surface area (Å²) in [4.78, 5) is 14.4. The van der Waals surface area contributed by atoms with Crippen molar-refractivity contribution in [3.05, 3.63) is 63.9 Å². The lowest BCUT2D eigenvalue weighted by atomic mass is 10.2. The average molecular weight is 367 g/mol. The quantitative estimate of drug-likeness (QED) is 0.800. The summed E-state index contributed by atoms with van der Waals surface area (Å²) < 4.78 is 13.9. The molecule has 2 aromatic carbocycles. The highest BCUT2D eigenvalue weighted by Gasteiger charge is 2.31. The number of hydrogen-bond acceptors (Lipinski definition) is 2. The highest BCUT2D eigenvalue weighted by Crippen LogP contribution is 2.31. The zero-order valence-corrected chi connectivity index (χ0v) is 14.4. The van der Waals surface area contributed by atoms with Crippen molar-refractivity contribution in [2.75, 3.05) is 11.9 Å². The van der Waals surface area contributed by atoms with Crippen LogP contribution in [-0.2, 0) is 11.3 Å². The van der Waals surface area contributed by atoms with Gasteiger partial charge in [0, 0.05) is 18.2 Å². The molecule has 2 aromatic rings. The van der Waals surface area contributed by atoms with Gasteiger partial charge in [0.2, 0.25) is 5.91 Å². The van der Waals surface area contributed by atoms with Crippen LogP contribution in [0.5, 0.6) is 0 Å². The Morgan fingerprint density at radius 3 is 2.42 bits per heavy atom. The summed E-state index contributed by atoms with van der Waals surface area (Å²) in [6.07, 6.45) is 2.04. The van der Waals surface area contributed by atoms with Crippen LogP contribution in [0.2, 0.25) is 10.0 Å². The molecule has 0 atom stereocenters. The van der Waals surface area contributed by atoms with Crippen molar-refractivity contribution >= 4 is 34.8 Å². The van der Waals surface area contributed by atoms with Gasteiger partial charge in [-0.25, -0.2) is 4.39 Å². The molecular weight excluding hydrogens is 350 g/mol. The molecule has 0 saturated heterocycles. The smallest absolute Gasteiger partial charge is 0.238 e. The summed E-state index contributed by atoms with van der Waals surface area (Å²) in [6, 6.07) is 12.0. The number of benzene rings is 2. The Morgan fingerprint density at radius 2 is 1.79 bits per heavy atom. The number of carbonyl (C=O) groups is 1.